The molecule has 0 heterocycles. The fraction of sp³-hybridized carbons (Fsp3) is 0.500. The van der Waals surface area contributed by atoms with Crippen LogP contribution in [0.15, 0.2) is 24.3 Å². The number of rotatable bonds is 7. The summed E-state index contributed by atoms with van der Waals surface area (Å²) >= 11 is 0. The smallest absolute Gasteiger partial charge is 0.222 e. The summed E-state index contributed by atoms with van der Waals surface area (Å²) in [5, 5.41) is 25.3. The number of aliphatic hydroxyl groups excluding tert-OH is 1. The summed E-state index contributed by atoms with van der Waals surface area (Å²) in [5.74, 6) is 0.0832. The SMILES string of the molecule is CC(C)C(=O)NCCNCC(O)c1ccccc1O. The Labute approximate surface area is 113 Å². The average Bonchev–Trinajstić information content (AvgIpc) is 2.38. The van der Waals surface area contributed by atoms with Crippen LogP contribution in [0.5, 0.6) is 5.75 Å². The van der Waals surface area contributed by atoms with E-state index in [1.54, 1.807) is 24.3 Å². The lowest BCUT2D eigenvalue weighted by molar-refractivity contribution is -0.123. The van der Waals surface area contributed by atoms with Gasteiger partial charge >= 0.3 is 0 Å². The number of amides is 1. The van der Waals surface area contributed by atoms with E-state index >= 15 is 0 Å². The highest BCUT2D eigenvalue weighted by atomic mass is 16.3. The topological polar surface area (TPSA) is 81.6 Å². The number of carbonyl (C=O) groups is 1. The van der Waals surface area contributed by atoms with Crippen LogP contribution in [0.1, 0.15) is 25.5 Å². The van der Waals surface area contributed by atoms with Crippen molar-refractivity contribution in [1.29, 1.82) is 0 Å². The first kappa shape index (κ1) is 15.5. The molecule has 0 aliphatic heterocycles. The van der Waals surface area contributed by atoms with E-state index in [4.69, 9.17) is 0 Å². The predicted molar refractivity (Wildman–Crippen MR) is 73.8 cm³/mol. The number of carbonyl (C=O) groups excluding carboxylic acids is 1. The van der Waals surface area contributed by atoms with Crippen molar-refractivity contribution < 1.29 is 15.0 Å². The van der Waals surface area contributed by atoms with E-state index in [0.29, 0.717) is 25.2 Å². The van der Waals surface area contributed by atoms with E-state index in [0.717, 1.165) is 0 Å². The van der Waals surface area contributed by atoms with Crippen molar-refractivity contribution in [3.63, 3.8) is 0 Å². The third-order valence-corrected chi connectivity index (χ3v) is 2.76. The summed E-state index contributed by atoms with van der Waals surface area (Å²) in [4.78, 5) is 11.3. The number of phenols is 1. The van der Waals surface area contributed by atoms with Crippen LogP contribution in [0, 0.1) is 5.92 Å². The standard InChI is InChI=1S/C14H22N2O3/c1-10(2)14(19)16-8-7-15-9-13(18)11-5-3-4-6-12(11)17/h3-6,10,13,15,17-18H,7-9H2,1-2H3,(H,16,19). The molecule has 1 amide bonds. The van der Waals surface area contributed by atoms with Crippen LogP contribution in [0.3, 0.4) is 0 Å². The molecule has 0 saturated carbocycles. The van der Waals surface area contributed by atoms with Gasteiger partial charge in [0.05, 0.1) is 6.10 Å². The van der Waals surface area contributed by atoms with Crippen LogP contribution in [-0.4, -0.2) is 35.8 Å². The minimum atomic E-state index is -0.762. The summed E-state index contributed by atoms with van der Waals surface area (Å²) in [6, 6.07) is 6.70. The van der Waals surface area contributed by atoms with E-state index in [9.17, 15) is 15.0 Å². The van der Waals surface area contributed by atoms with Crippen molar-refractivity contribution >= 4 is 5.91 Å². The van der Waals surface area contributed by atoms with Gasteiger partial charge in [-0.2, -0.15) is 0 Å². The van der Waals surface area contributed by atoms with Crippen molar-refractivity contribution in [3.05, 3.63) is 29.8 Å². The van der Waals surface area contributed by atoms with Crippen LogP contribution in [-0.2, 0) is 4.79 Å². The molecule has 0 aromatic heterocycles. The van der Waals surface area contributed by atoms with Gasteiger partial charge < -0.3 is 20.8 Å². The van der Waals surface area contributed by atoms with Crippen LogP contribution >= 0.6 is 0 Å². The second kappa shape index (κ2) is 7.76. The Bertz CT molecular complexity index is 407. The van der Waals surface area contributed by atoms with Gasteiger partial charge in [-0.3, -0.25) is 4.79 Å². The molecule has 1 atom stereocenters. The first-order valence-corrected chi connectivity index (χ1v) is 6.46. The zero-order valence-electron chi connectivity index (χ0n) is 11.4. The molecule has 1 rings (SSSR count). The summed E-state index contributed by atoms with van der Waals surface area (Å²) in [6.07, 6.45) is -0.762. The molecule has 0 bridgehead atoms. The number of para-hydroxylation sites is 1. The molecule has 0 aliphatic carbocycles. The quantitative estimate of drug-likeness (QED) is 0.550. The monoisotopic (exact) mass is 266 g/mol. The van der Waals surface area contributed by atoms with E-state index in [1.807, 2.05) is 13.8 Å². The third-order valence-electron chi connectivity index (χ3n) is 2.76. The third kappa shape index (κ3) is 5.28. The molecule has 0 aliphatic rings. The minimum absolute atomic E-state index is 0.0167. The second-order valence-corrected chi connectivity index (χ2v) is 4.72. The van der Waals surface area contributed by atoms with E-state index in [-0.39, 0.29) is 17.6 Å². The summed E-state index contributed by atoms with van der Waals surface area (Å²) < 4.78 is 0. The van der Waals surface area contributed by atoms with E-state index in [1.165, 1.54) is 0 Å². The maximum Gasteiger partial charge on any atom is 0.222 e. The summed E-state index contributed by atoms with van der Waals surface area (Å²) in [5.41, 5.74) is 0.501. The molecule has 5 nitrogen and oxygen atoms in total. The molecule has 1 aromatic carbocycles. The van der Waals surface area contributed by atoms with Gasteiger partial charge in [0.1, 0.15) is 5.75 Å². The lowest BCUT2D eigenvalue weighted by Gasteiger charge is -2.14. The van der Waals surface area contributed by atoms with Gasteiger partial charge in [0.2, 0.25) is 5.91 Å². The minimum Gasteiger partial charge on any atom is -0.508 e. The zero-order chi connectivity index (χ0) is 14.3. The Balaban J connectivity index is 2.23. The van der Waals surface area contributed by atoms with Crippen LogP contribution in [0.2, 0.25) is 0 Å². The number of nitrogens with one attached hydrogen (secondary N) is 2. The van der Waals surface area contributed by atoms with Crippen molar-refractivity contribution in [2.75, 3.05) is 19.6 Å². The predicted octanol–water partition coefficient (Wildman–Crippen LogP) is 0.787. The summed E-state index contributed by atoms with van der Waals surface area (Å²) in [7, 11) is 0. The number of aliphatic hydroxyl groups is 1. The highest BCUT2D eigenvalue weighted by molar-refractivity contribution is 5.77. The number of aromatic hydroxyl groups is 1. The van der Waals surface area contributed by atoms with Gasteiger partial charge in [0, 0.05) is 31.1 Å². The first-order chi connectivity index (χ1) is 9.02. The normalized spacial score (nSPS) is 12.4. The van der Waals surface area contributed by atoms with E-state index < -0.39 is 6.10 Å². The molecule has 0 spiro atoms. The Morgan fingerprint density at radius 3 is 2.58 bits per heavy atom. The Hall–Kier alpha value is -1.59. The maximum absolute atomic E-state index is 11.3. The number of phenolic OH excluding ortho intramolecular Hbond substituents is 1. The van der Waals surface area contributed by atoms with Crippen molar-refractivity contribution in [2.45, 2.75) is 20.0 Å². The maximum atomic E-state index is 11.3. The Morgan fingerprint density at radius 2 is 1.95 bits per heavy atom. The molecule has 5 heteroatoms. The largest absolute Gasteiger partial charge is 0.508 e. The van der Waals surface area contributed by atoms with Crippen molar-refractivity contribution in [3.8, 4) is 5.75 Å². The van der Waals surface area contributed by atoms with Crippen molar-refractivity contribution in [1.82, 2.24) is 10.6 Å². The molecular weight excluding hydrogens is 244 g/mol. The van der Waals surface area contributed by atoms with Gasteiger partial charge in [-0.1, -0.05) is 32.0 Å². The van der Waals surface area contributed by atoms with Crippen LogP contribution < -0.4 is 10.6 Å². The highest BCUT2D eigenvalue weighted by Crippen LogP contribution is 2.22. The molecule has 1 aromatic rings. The van der Waals surface area contributed by atoms with Crippen molar-refractivity contribution in [2.24, 2.45) is 5.92 Å². The molecule has 0 fully saturated rings. The van der Waals surface area contributed by atoms with Gasteiger partial charge in [0.15, 0.2) is 0 Å². The summed E-state index contributed by atoms with van der Waals surface area (Å²) in [6.45, 7) is 5.10. The Kier molecular flexibility index (Phi) is 6.32. The van der Waals surface area contributed by atoms with Crippen LogP contribution in [0.25, 0.3) is 0 Å². The number of hydrogen-bond acceptors (Lipinski definition) is 4. The van der Waals surface area contributed by atoms with Gasteiger partial charge in [-0.15, -0.1) is 0 Å². The van der Waals surface area contributed by atoms with Crippen LogP contribution in [0.4, 0.5) is 0 Å². The number of benzene rings is 1. The average molecular weight is 266 g/mol. The molecule has 0 saturated heterocycles. The highest BCUT2D eigenvalue weighted by Gasteiger charge is 2.11. The fourth-order valence-electron chi connectivity index (χ4n) is 1.60. The van der Waals surface area contributed by atoms with Gasteiger partial charge in [-0.05, 0) is 6.07 Å². The van der Waals surface area contributed by atoms with Gasteiger partial charge in [0.25, 0.3) is 0 Å². The molecule has 1 unspecified atom stereocenters. The Morgan fingerprint density at radius 1 is 1.26 bits per heavy atom. The zero-order valence-corrected chi connectivity index (χ0v) is 11.4. The first-order valence-electron chi connectivity index (χ1n) is 6.46. The number of hydrogen-bond donors (Lipinski definition) is 4. The lowest BCUT2D eigenvalue weighted by atomic mass is 10.1. The molecular formula is C14H22N2O3. The fourth-order valence-corrected chi connectivity index (χ4v) is 1.60. The molecule has 0 radical (unpaired) electrons. The molecule has 106 valence electrons. The van der Waals surface area contributed by atoms with E-state index in [2.05, 4.69) is 10.6 Å². The lowest BCUT2D eigenvalue weighted by Crippen LogP contribution is -2.35. The second-order valence-electron chi connectivity index (χ2n) is 4.72. The van der Waals surface area contributed by atoms with Gasteiger partial charge in [-0.25, -0.2) is 0 Å². The molecule has 19 heavy (non-hydrogen) atoms. The molecule has 4 N–H and O–H groups in total.